The molecule has 1 aromatic heterocycles. The number of amides is 1. The van der Waals surface area contributed by atoms with E-state index in [0.29, 0.717) is 17.0 Å². The van der Waals surface area contributed by atoms with Crippen molar-refractivity contribution in [2.75, 3.05) is 0 Å². The van der Waals surface area contributed by atoms with Crippen LogP contribution < -0.4 is 9.83 Å². The highest BCUT2D eigenvalue weighted by Crippen LogP contribution is 2.34. The lowest BCUT2D eigenvalue weighted by Crippen LogP contribution is -2.40. The van der Waals surface area contributed by atoms with Crippen LogP contribution in [-0.4, -0.2) is 19.7 Å². The van der Waals surface area contributed by atoms with Gasteiger partial charge < -0.3 is 14.4 Å². The van der Waals surface area contributed by atoms with E-state index in [1.54, 1.807) is 19.1 Å². The summed E-state index contributed by atoms with van der Waals surface area (Å²) in [6.45, 7) is 1.76. The van der Waals surface area contributed by atoms with Gasteiger partial charge in [0.25, 0.3) is 10.0 Å². The van der Waals surface area contributed by atoms with Crippen molar-refractivity contribution in [2.24, 2.45) is 0 Å². The number of aromatic nitrogens is 1. The minimum Gasteiger partial charge on any atom is -0.529 e. The number of hydrogen-bond donors (Lipinski definition) is 1. The van der Waals surface area contributed by atoms with Gasteiger partial charge in [-0.25, -0.2) is 8.42 Å². The number of carbonyl (C=O) groups excluding carboxylic acids is 1. The first-order valence-corrected chi connectivity index (χ1v) is 8.73. The van der Waals surface area contributed by atoms with Gasteiger partial charge in [-0.3, -0.25) is 4.72 Å². The summed E-state index contributed by atoms with van der Waals surface area (Å²) in [4.78, 5) is 10.3. The van der Waals surface area contributed by atoms with Crippen molar-refractivity contribution in [3.63, 3.8) is 0 Å². The molecule has 25 heavy (non-hydrogen) atoms. The number of nitrogens with one attached hydrogen (secondary N) is 1. The average Bonchev–Trinajstić information content (AvgIpc) is 2.96. The second-order valence-corrected chi connectivity index (χ2v) is 6.93. The number of benzene rings is 2. The van der Waals surface area contributed by atoms with E-state index in [0.717, 1.165) is 11.1 Å². The Morgan fingerprint density at radius 3 is 2.28 bits per heavy atom. The zero-order valence-electron chi connectivity index (χ0n) is 13.1. The molecule has 3 rings (SSSR count). The molecule has 0 unspecified atom stereocenters. The summed E-state index contributed by atoms with van der Waals surface area (Å²) >= 11 is 0. The van der Waals surface area contributed by atoms with Crippen LogP contribution in [0.4, 0.5) is 4.79 Å². The van der Waals surface area contributed by atoms with Crippen LogP contribution in [0.25, 0.3) is 22.4 Å². The van der Waals surface area contributed by atoms with Gasteiger partial charge in [0.2, 0.25) is 0 Å². The zero-order valence-corrected chi connectivity index (χ0v) is 13.9. The third-order valence-corrected chi connectivity index (χ3v) is 4.91. The Kier molecular flexibility index (Phi) is 4.28. The van der Waals surface area contributed by atoms with Crippen molar-refractivity contribution in [2.45, 2.75) is 11.8 Å². The predicted octanol–water partition coefficient (Wildman–Crippen LogP) is 1.94. The lowest BCUT2D eigenvalue weighted by Gasteiger charge is -2.09. The van der Waals surface area contributed by atoms with E-state index in [-0.39, 0.29) is 4.90 Å². The van der Waals surface area contributed by atoms with Crippen molar-refractivity contribution in [3.05, 3.63) is 60.4 Å². The van der Waals surface area contributed by atoms with Crippen molar-refractivity contribution in [3.8, 4) is 22.4 Å². The van der Waals surface area contributed by atoms with Gasteiger partial charge in [0, 0.05) is 5.56 Å². The van der Waals surface area contributed by atoms with E-state index in [1.165, 1.54) is 16.9 Å². The maximum atomic E-state index is 11.8. The molecule has 0 aliphatic carbocycles. The average molecular weight is 357 g/mol. The highest BCUT2D eigenvalue weighted by atomic mass is 32.2. The molecule has 2 aromatic carbocycles. The van der Waals surface area contributed by atoms with E-state index >= 15 is 0 Å². The quantitative estimate of drug-likeness (QED) is 0.763. The Labute approximate surface area is 144 Å². The summed E-state index contributed by atoms with van der Waals surface area (Å²) in [6, 6.07) is 15.2. The van der Waals surface area contributed by atoms with Crippen LogP contribution in [0, 0.1) is 6.92 Å². The minimum atomic E-state index is -4.17. The molecule has 0 saturated carbocycles. The number of rotatable bonds is 4. The molecule has 1 amide bonds. The smallest absolute Gasteiger partial charge is 0.262 e. The molecule has 0 spiro atoms. The third-order valence-electron chi connectivity index (χ3n) is 3.58. The van der Waals surface area contributed by atoms with Crippen LogP contribution in [0.3, 0.4) is 0 Å². The van der Waals surface area contributed by atoms with E-state index in [4.69, 9.17) is 4.52 Å². The van der Waals surface area contributed by atoms with Crippen molar-refractivity contribution >= 4 is 16.1 Å². The molecule has 0 bridgehead atoms. The van der Waals surface area contributed by atoms with Crippen LogP contribution in [0.2, 0.25) is 0 Å². The Morgan fingerprint density at radius 2 is 1.68 bits per heavy atom. The van der Waals surface area contributed by atoms with Crippen LogP contribution in [0.5, 0.6) is 0 Å². The fraction of sp³-hybridized carbons (Fsp3) is 0.0588. The zero-order chi connectivity index (χ0) is 18.0. The Bertz CT molecular complexity index is 1010. The van der Waals surface area contributed by atoms with E-state index in [1.807, 2.05) is 30.3 Å². The van der Waals surface area contributed by atoms with E-state index < -0.39 is 16.1 Å². The van der Waals surface area contributed by atoms with Crippen molar-refractivity contribution in [1.82, 2.24) is 9.88 Å². The summed E-state index contributed by atoms with van der Waals surface area (Å²) < 4.78 is 30.3. The van der Waals surface area contributed by atoms with Gasteiger partial charge >= 0.3 is 0 Å². The third kappa shape index (κ3) is 3.38. The number of aryl methyl sites for hydroxylation is 1. The molecule has 0 fully saturated rings. The maximum absolute atomic E-state index is 11.8. The molecular formula is C17H13N2O5S-. The first-order chi connectivity index (χ1) is 11.9. The monoisotopic (exact) mass is 357 g/mol. The first kappa shape index (κ1) is 16.7. The van der Waals surface area contributed by atoms with Gasteiger partial charge in [-0.2, -0.15) is 0 Å². The molecule has 1 N–H and O–H groups in total. The predicted molar refractivity (Wildman–Crippen MR) is 87.8 cm³/mol. The Morgan fingerprint density at radius 1 is 1.04 bits per heavy atom. The van der Waals surface area contributed by atoms with Crippen LogP contribution in [0.15, 0.2) is 64.0 Å². The van der Waals surface area contributed by atoms with Crippen LogP contribution >= 0.6 is 0 Å². The Balaban J connectivity index is 2.02. The van der Waals surface area contributed by atoms with Gasteiger partial charge in [0.15, 0.2) is 0 Å². The fourth-order valence-electron chi connectivity index (χ4n) is 2.47. The summed E-state index contributed by atoms with van der Waals surface area (Å²) in [6.07, 6.45) is -1.88. The van der Waals surface area contributed by atoms with Gasteiger partial charge in [0.05, 0.1) is 10.5 Å². The number of hydrogen-bond acceptors (Lipinski definition) is 6. The topological polar surface area (TPSA) is 112 Å². The second kappa shape index (κ2) is 6.40. The lowest BCUT2D eigenvalue weighted by atomic mass is 10.00. The number of nitrogens with zero attached hydrogens (tertiary/aromatic N) is 1. The number of sulfonamides is 1. The van der Waals surface area contributed by atoms with Gasteiger partial charge in [0.1, 0.15) is 17.5 Å². The van der Waals surface area contributed by atoms with Crippen molar-refractivity contribution < 1.29 is 22.8 Å². The molecular weight excluding hydrogens is 344 g/mol. The summed E-state index contributed by atoms with van der Waals surface area (Å²) in [7, 11) is -4.17. The molecule has 3 aromatic rings. The van der Waals surface area contributed by atoms with E-state index in [2.05, 4.69) is 5.16 Å². The molecule has 8 heteroatoms. The number of carbonyl (C=O) groups is 1. The normalized spacial score (nSPS) is 11.2. The molecule has 0 radical (unpaired) electrons. The molecule has 0 aliphatic rings. The van der Waals surface area contributed by atoms with Gasteiger partial charge in [-0.15, -0.1) is 0 Å². The summed E-state index contributed by atoms with van der Waals surface area (Å²) in [5.41, 5.74) is 2.94. The second-order valence-electron chi connectivity index (χ2n) is 5.25. The number of carboxylic acid groups (broad SMARTS) is 1. The minimum absolute atomic E-state index is 0.184. The molecule has 0 saturated heterocycles. The molecule has 7 nitrogen and oxygen atoms in total. The standard InChI is InChI=1S/C17H14N2O5S/c1-11-15(16(18-24-11)13-5-3-2-4-6-13)12-7-9-14(10-8-12)25(22,23)19-17(20)21/h2-10,19H,1H3,(H,20,21)/p-1. The van der Waals surface area contributed by atoms with Crippen LogP contribution in [-0.2, 0) is 10.0 Å². The first-order valence-electron chi connectivity index (χ1n) is 7.24. The van der Waals surface area contributed by atoms with Crippen LogP contribution in [0.1, 0.15) is 5.76 Å². The molecule has 1 heterocycles. The molecule has 0 aliphatic heterocycles. The Hall–Kier alpha value is -3.13. The largest absolute Gasteiger partial charge is 0.529 e. The molecule has 0 atom stereocenters. The summed E-state index contributed by atoms with van der Waals surface area (Å²) in [5, 5.41) is 14.5. The van der Waals surface area contributed by atoms with Gasteiger partial charge in [-0.1, -0.05) is 47.6 Å². The molecule has 128 valence electrons. The highest BCUT2D eigenvalue weighted by Gasteiger charge is 2.18. The SMILES string of the molecule is Cc1onc(-c2ccccc2)c1-c1ccc(S(=O)(=O)NC(=O)[O-])cc1. The summed E-state index contributed by atoms with van der Waals surface area (Å²) in [5.74, 6) is 0.585. The fourth-order valence-corrected chi connectivity index (χ4v) is 3.31. The van der Waals surface area contributed by atoms with E-state index in [9.17, 15) is 18.3 Å². The van der Waals surface area contributed by atoms with Crippen molar-refractivity contribution in [1.29, 1.82) is 0 Å². The lowest BCUT2D eigenvalue weighted by molar-refractivity contribution is -0.248. The maximum Gasteiger partial charge on any atom is 0.262 e. The highest BCUT2D eigenvalue weighted by molar-refractivity contribution is 7.90. The van der Waals surface area contributed by atoms with Gasteiger partial charge in [-0.05, 0) is 24.6 Å².